The van der Waals surface area contributed by atoms with Crippen LogP contribution in [-0.4, -0.2) is 35.5 Å². The van der Waals surface area contributed by atoms with E-state index in [1.807, 2.05) is 61.5 Å². The Bertz CT molecular complexity index is 1830. The van der Waals surface area contributed by atoms with Crippen LogP contribution in [0.25, 0.3) is 16.0 Å². The van der Waals surface area contributed by atoms with Crippen LogP contribution in [-0.2, 0) is 16.2 Å². The number of ether oxygens (including phenoxy) is 3. The first-order valence-electron chi connectivity index (χ1n) is 13.7. The Morgan fingerprint density at radius 2 is 1.65 bits per heavy atom. The van der Waals surface area contributed by atoms with Gasteiger partial charge in [0.25, 0.3) is 5.78 Å². The third-order valence-electron chi connectivity index (χ3n) is 7.10. The highest BCUT2D eigenvalue weighted by atomic mass is 32.1. The summed E-state index contributed by atoms with van der Waals surface area (Å²) in [6.45, 7) is 2.75. The van der Waals surface area contributed by atoms with Crippen molar-refractivity contribution in [3.8, 4) is 17.2 Å². The number of carbonyl (C=O) groups excluding carboxylic acids is 2. The Morgan fingerprint density at radius 1 is 0.907 bits per heavy atom. The van der Waals surface area contributed by atoms with Crippen molar-refractivity contribution >= 4 is 44.1 Å². The molecule has 0 radical (unpaired) electrons. The van der Waals surface area contributed by atoms with Crippen LogP contribution in [0, 0.1) is 0 Å². The van der Waals surface area contributed by atoms with Crippen molar-refractivity contribution in [3.63, 3.8) is 0 Å². The Balaban J connectivity index is 1.46. The third kappa shape index (κ3) is 5.42. The quantitative estimate of drug-likeness (QED) is 0.113. The van der Waals surface area contributed by atoms with E-state index in [4.69, 9.17) is 19.2 Å². The molecule has 0 saturated carbocycles. The molecule has 1 aromatic heterocycles. The van der Waals surface area contributed by atoms with Gasteiger partial charge in [-0.15, -0.1) is 0 Å². The van der Waals surface area contributed by atoms with E-state index in [9.17, 15) is 14.7 Å². The van der Waals surface area contributed by atoms with Crippen LogP contribution in [0.4, 0.5) is 5.13 Å². The zero-order valence-electron chi connectivity index (χ0n) is 23.5. The summed E-state index contributed by atoms with van der Waals surface area (Å²) in [5, 5.41) is 11.7. The smallest absolute Gasteiger partial charge is 0.301 e. The first-order valence-corrected chi connectivity index (χ1v) is 14.5. The molecule has 8 nitrogen and oxygen atoms in total. The zero-order chi connectivity index (χ0) is 29.9. The molecule has 1 unspecified atom stereocenters. The minimum atomic E-state index is -0.968. The lowest BCUT2D eigenvalue weighted by atomic mass is 9.95. The highest BCUT2D eigenvalue weighted by Gasteiger charge is 2.48. The monoisotopic (exact) mass is 592 g/mol. The number of amides is 1. The van der Waals surface area contributed by atoms with E-state index in [1.165, 1.54) is 23.3 Å². The van der Waals surface area contributed by atoms with Gasteiger partial charge in [-0.05, 0) is 48.4 Å². The first-order chi connectivity index (χ1) is 21.0. The summed E-state index contributed by atoms with van der Waals surface area (Å²) in [5.41, 5.74) is 2.59. The zero-order valence-corrected chi connectivity index (χ0v) is 24.3. The maximum Gasteiger partial charge on any atom is 0.301 e. The van der Waals surface area contributed by atoms with E-state index >= 15 is 0 Å². The van der Waals surface area contributed by atoms with E-state index in [1.54, 1.807) is 42.5 Å². The molecule has 1 aliphatic heterocycles. The van der Waals surface area contributed by atoms with Gasteiger partial charge < -0.3 is 19.3 Å². The number of hydrogen-bond donors (Lipinski definition) is 1. The van der Waals surface area contributed by atoms with E-state index < -0.39 is 17.7 Å². The van der Waals surface area contributed by atoms with Crippen molar-refractivity contribution in [3.05, 3.63) is 119 Å². The number of rotatable bonds is 9. The number of carbonyl (C=O) groups is 2. The van der Waals surface area contributed by atoms with Gasteiger partial charge >= 0.3 is 5.91 Å². The number of nitrogens with zero attached hydrogens (tertiary/aromatic N) is 2. The second kappa shape index (κ2) is 12.0. The van der Waals surface area contributed by atoms with Crippen LogP contribution < -0.4 is 19.1 Å². The van der Waals surface area contributed by atoms with Gasteiger partial charge in [0.2, 0.25) is 0 Å². The highest BCUT2D eigenvalue weighted by Crippen LogP contribution is 2.46. The molecule has 0 bridgehead atoms. The number of fused-ring (bicyclic) bond motifs is 1. The number of anilines is 1. The van der Waals surface area contributed by atoms with Crippen molar-refractivity contribution in [2.24, 2.45) is 0 Å². The molecule has 6 rings (SSSR count). The molecule has 1 fully saturated rings. The second-order valence-corrected chi connectivity index (χ2v) is 10.8. The summed E-state index contributed by atoms with van der Waals surface area (Å²) in [5.74, 6) is -0.250. The minimum absolute atomic E-state index is 0.0366. The van der Waals surface area contributed by atoms with Crippen LogP contribution in [0.2, 0.25) is 0 Å². The number of aliphatic hydroxyl groups excluding tert-OH is 1. The number of Topliss-reactive ketones (excluding diaryl/α,β-unsaturated/α-hetero) is 1. The van der Waals surface area contributed by atoms with Crippen molar-refractivity contribution in [1.82, 2.24) is 4.98 Å². The predicted molar refractivity (Wildman–Crippen MR) is 166 cm³/mol. The lowest BCUT2D eigenvalue weighted by Crippen LogP contribution is -2.29. The molecule has 0 aliphatic carbocycles. The number of ketones is 1. The van der Waals surface area contributed by atoms with Crippen LogP contribution in [0.15, 0.2) is 103 Å². The molecule has 43 heavy (non-hydrogen) atoms. The lowest BCUT2D eigenvalue weighted by Gasteiger charge is -2.24. The molecule has 0 spiro atoms. The average molecular weight is 593 g/mol. The Hall–Kier alpha value is -5.15. The summed E-state index contributed by atoms with van der Waals surface area (Å²) < 4.78 is 18.2. The topological polar surface area (TPSA) is 98.2 Å². The molecule has 1 N–H and O–H groups in total. The summed E-state index contributed by atoms with van der Waals surface area (Å²) in [4.78, 5) is 33.3. The van der Waals surface area contributed by atoms with Gasteiger partial charge in [-0.3, -0.25) is 14.5 Å². The molecule has 1 atom stereocenters. The van der Waals surface area contributed by atoms with Crippen molar-refractivity contribution < 1.29 is 28.9 Å². The maximum atomic E-state index is 13.7. The molecular formula is C34H28N2O6S. The van der Waals surface area contributed by atoms with Gasteiger partial charge in [-0.1, -0.05) is 78.1 Å². The standard InChI is InChI=1S/C34H28N2O6S/c1-3-41-24-15-16-25-28(19-24)43-34(35-25)36-30(29(32(38)33(36)39)31(37)22-12-8-5-9-13-22)23-14-17-26(27(18-23)40-2)42-20-21-10-6-4-7-11-21/h4-19,30,37H,3,20H2,1-2H3/b31-29+. The van der Waals surface area contributed by atoms with Gasteiger partial charge in [0.1, 0.15) is 18.1 Å². The Kier molecular flexibility index (Phi) is 7.81. The van der Waals surface area contributed by atoms with Crippen LogP contribution in [0.1, 0.15) is 29.7 Å². The maximum absolute atomic E-state index is 13.7. The Labute approximate surface area is 252 Å². The van der Waals surface area contributed by atoms with Crippen LogP contribution >= 0.6 is 11.3 Å². The summed E-state index contributed by atoms with van der Waals surface area (Å²) in [6.07, 6.45) is 0. The van der Waals surface area contributed by atoms with E-state index in [0.29, 0.717) is 52.2 Å². The highest BCUT2D eigenvalue weighted by molar-refractivity contribution is 7.22. The van der Waals surface area contributed by atoms with Crippen LogP contribution in [0.5, 0.6) is 17.2 Å². The molecule has 1 aliphatic rings. The minimum Gasteiger partial charge on any atom is -0.507 e. The van der Waals surface area contributed by atoms with E-state index in [0.717, 1.165) is 10.3 Å². The van der Waals surface area contributed by atoms with Crippen molar-refractivity contribution in [1.29, 1.82) is 0 Å². The molecule has 2 heterocycles. The van der Waals surface area contributed by atoms with Gasteiger partial charge in [0.15, 0.2) is 16.6 Å². The first kappa shape index (κ1) is 28.0. The molecule has 9 heteroatoms. The number of hydrogen-bond acceptors (Lipinski definition) is 8. The van der Waals surface area contributed by atoms with Gasteiger partial charge in [-0.25, -0.2) is 4.98 Å². The molecule has 4 aromatic carbocycles. The van der Waals surface area contributed by atoms with Crippen LogP contribution in [0.3, 0.4) is 0 Å². The lowest BCUT2D eigenvalue weighted by molar-refractivity contribution is -0.132. The molecule has 5 aromatic rings. The number of methoxy groups -OCH3 is 1. The number of aromatic nitrogens is 1. The fourth-order valence-electron chi connectivity index (χ4n) is 5.06. The molecular weight excluding hydrogens is 564 g/mol. The normalized spacial score (nSPS) is 16.0. The largest absolute Gasteiger partial charge is 0.507 e. The van der Waals surface area contributed by atoms with Gasteiger partial charge in [0, 0.05) is 5.56 Å². The van der Waals surface area contributed by atoms with Gasteiger partial charge in [0.05, 0.1) is 35.5 Å². The second-order valence-electron chi connectivity index (χ2n) is 9.78. The van der Waals surface area contributed by atoms with E-state index in [2.05, 4.69) is 0 Å². The Morgan fingerprint density at radius 3 is 2.37 bits per heavy atom. The summed E-state index contributed by atoms with van der Waals surface area (Å²) in [7, 11) is 1.53. The van der Waals surface area contributed by atoms with Gasteiger partial charge in [-0.2, -0.15) is 0 Å². The molecule has 1 amide bonds. The third-order valence-corrected chi connectivity index (χ3v) is 8.12. The summed E-state index contributed by atoms with van der Waals surface area (Å²) >= 11 is 1.27. The summed E-state index contributed by atoms with van der Waals surface area (Å²) in [6, 6.07) is 28.2. The number of thiazole rings is 1. The average Bonchev–Trinajstić information content (AvgIpc) is 3.58. The molecule has 1 saturated heterocycles. The predicted octanol–water partition coefficient (Wildman–Crippen LogP) is 6.91. The van der Waals surface area contributed by atoms with E-state index in [-0.39, 0.29) is 11.3 Å². The van der Waals surface area contributed by atoms with Crippen molar-refractivity contribution in [2.75, 3.05) is 18.6 Å². The van der Waals surface area contributed by atoms with Crippen molar-refractivity contribution in [2.45, 2.75) is 19.6 Å². The number of benzene rings is 4. The SMILES string of the molecule is CCOc1ccc2nc(N3C(=O)C(=O)/C(=C(/O)c4ccccc4)C3c3ccc(OCc4ccccc4)c(OC)c3)sc2c1. The molecule has 216 valence electrons. The fraction of sp³-hybridized carbons (Fsp3) is 0.147. The fourth-order valence-corrected chi connectivity index (χ4v) is 6.08. The number of aliphatic hydroxyl groups is 1.